The van der Waals surface area contributed by atoms with Crippen molar-refractivity contribution in [1.82, 2.24) is 19.9 Å². The molecule has 0 atom stereocenters. The highest BCUT2D eigenvalue weighted by molar-refractivity contribution is 7.14. The Morgan fingerprint density at radius 2 is 1.87 bits per heavy atom. The molecular weight excluding hydrogens is 402 g/mol. The van der Waals surface area contributed by atoms with Crippen LogP contribution in [0.25, 0.3) is 33.7 Å². The van der Waals surface area contributed by atoms with Crippen LogP contribution in [0.5, 0.6) is 0 Å². The lowest BCUT2D eigenvalue weighted by Crippen LogP contribution is -1.93. The van der Waals surface area contributed by atoms with E-state index in [1.54, 1.807) is 17.5 Å². The minimum atomic E-state index is 0.484. The number of aromatic amines is 1. The number of thiazole rings is 1. The molecule has 31 heavy (non-hydrogen) atoms. The van der Waals surface area contributed by atoms with Crippen molar-refractivity contribution in [3.8, 4) is 22.6 Å². The molecule has 6 heteroatoms. The van der Waals surface area contributed by atoms with Gasteiger partial charge in [0.25, 0.3) is 0 Å². The van der Waals surface area contributed by atoms with Crippen LogP contribution < -0.4 is 5.32 Å². The average molecular weight is 426 g/mol. The summed E-state index contributed by atoms with van der Waals surface area (Å²) in [6.07, 6.45) is 3.60. The minimum Gasteiger partial charge on any atom is -0.338 e. The molecule has 0 aliphatic rings. The molecule has 0 aliphatic heterocycles. The van der Waals surface area contributed by atoms with E-state index >= 15 is 0 Å². The number of aromatic nitrogens is 4. The first-order valence-corrected chi connectivity index (χ1v) is 11.2. The van der Waals surface area contributed by atoms with Crippen LogP contribution >= 0.6 is 11.3 Å². The zero-order valence-corrected chi connectivity index (χ0v) is 18.5. The SMILES string of the molecule is Cc1cc2[nH]c(-c3cccc(C(C)C)c3)nc2cc1Nc1nc(-c2cccnc2)cs1. The Bertz CT molecular complexity index is 1350. The molecule has 0 fully saturated rings. The fraction of sp³-hybridized carbons (Fsp3) is 0.160. The second kappa shape index (κ2) is 7.96. The van der Waals surface area contributed by atoms with Crippen LogP contribution in [0.2, 0.25) is 0 Å². The van der Waals surface area contributed by atoms with Gasteiger partial charge in [0.1, 0.15) is 5.82 Å². The molecule has 0 bridgehead atoms. The first kappa shape index (κ1) is 19.5. The highest BCUT2D eigenvalue weighted by Crippen LogP contribution is 2.31. The number of benzene rings is 2. The number of nitrogens with zero attached hydrogens (tertiary/aromatic N) is 3. The van der Waals surface area contributed by atoms with Gasteiger partial charge in [-0.15, -0.1) is 11.3 Å². The van der Waals surface area contributed by atoms with E-state index < -0.39 is 0 Å². The number of nitrogens with one attached hydrogen (secondary N) is 2. The molecule has 0 spiro atoms. The zero-order chi connectivity index (χ0) is 21.4. The van der Waals surface area contributed by atoms with Gasteiger partial charge in [-0.05, 0) is 54.3 Å². The molecule has 5 rings (SSSR count). The molecule has 3 heterocycles. The van der Waals surface area contributed by atoms with Gasteiger partial charge in [0.05, 0.1) is 16.7 Å². The van der Waals surface area contributed by atoms with Crippen LogP contribution in [-0.2, 0) is 0 Å². The van der Waals surface area contributed by atoms with E-state index in [0.717, 1.165) is 50.1 Å². The molecule has 2 N–H and O–H groups in total. The smallest absolute Gasteiger partial charge is 0.187 e. The van der Waals surface area contributed by atoms with Crippen molar-refractivity contribution in [3.05, 3.63) is 77.4 Å². The average Bonchev–Trinajstić information content (AvgIpc) is 3.42. The van der Waals surface area contributed by atoms with Crippen molar-refractivity contribution in [2.45, 2.75) is 26.7 Å². The summed E-state index contributed by atoms with van der Waals surface area (Å²) in [7, 11) is 0. The van der Waals surface area contributed by atoms with Crippen molar-refractivity contribution in [1.29, 1.82) is 0 Å². The van der Waals surface area contributed by atoms with Crippen molar-refractivity contribution in [2.24, 2.45) is 0 Å². The first-order valence-electron chi connectivity index (χ1n) is 10.3. The Balaban J connectivity index is 1.45. The van der Waals surface area contributed by atoms with Gasteiger partial charge in [-0.3, -0.25) is 4.98 Å². The Labute approximate surface area is 185 Å². The largest absolute Gasteiger partial charge is 0.338 e. The maximum atomic E-state index is 4.86. The topological polar surface area (TPSA) is 66.5 Å². The van der Waals surface area contributed by atoms with E-state index in [2.05, 4.69) is 72.5 Å². The normalized spacial score (nSPS) is 11.4. The highest BCUT2D eigenvalue weighted by Gasteiger charge is 2.11. The second-order valence-corrected chi connectivity index (χ2v) is 8.81. The summed E-state index contributed by atoms with van der Waals surface area (Å²) in [4.78, 5) is 17.2. The molecule has 0 radical (unpaired) electrons. The third-order valence-electron chi connectivity index (χ3n) is 5.36. The van der Waals surface area contributed by atoms with Crippen LogP contribution in [-0.4, -0.2) is 19.9 Å². The number of rotatable bonds is 5. The van der Waals surface area contributed by atoms with E-state index in [1.807, 2.05) is 23.7 Å². The van der Waals surface area contributed by atoms with Gasteiger partial charge >= 0.3 is 0 Å². The first-order chi connectivity index (χ1) is 15.1. The van der Waals surface area contributed by atoms with Gasteiger partial charge in [-0.25, -0.2) is 9.97 Å². The molecule has 0 saturated carbocycles. The van der Waals surface area contributed by atoms with Crippen molar-refractivity contribution < 1.29 is 0 Å². The van der Waals surface area contributed by atoms with Crippen LogP contribution in [0.1, 0.15) is 30.9 Å². The summed E-state index contributed by atoms with van der Waals surface area (Å²) >= 11 is 1.58. The molecule has 5 nitrogen and oxygen atoms in total. The fourth-order valence-corrected chi connectivity index (χ4v) is 4.31. The van der Waals surface area contributed by atoms with Gasteiger partial charge in [-0.1, -0.05) is 32.0 Å². The number of imidazole rings is 1. The van der Waals surface area contributed by atoms with Crippen molar-refractivity contribution in [2.75, 3.05) is 5.32 Å². The zero-order valence-electron chi connectivity index (χ0n) is 17.7. The Morgan fingerprint density at radius 3 is 2.68 bits per heavy atom. The van der Waals surface area contributed by atoms with Gasteiger partial charge in [-0.2, -0.15) is 0 Å². The number of hydrogen-bond donors (Lipinski definition) is 2. The molecule has 154 valence electrons. The number of fused-ring (bicyclic) bond motifs is 1. The number of aryl methyl sites for hydroxylation is 1. The maximum Gasteiger partial charge on any atom is 0.187 e. The van der Waals surface area contributed by atoms with Gasteiger partial charge in [0.15, 0.2) is 5.13 Å². The lowest BCUT2D eigenvalue weighted by atomic mass is 10.0. The molecule has 0 aliphatic carbocycles. The maximum absolute atomic E-state index is 4.86. The highest BCUT2D eigenvalue weighted by atomic mass is 32.1. The summed E-state index contributed by atoms with van der Waals surface area (Å²) in [5.74, 6) is 1.37. The molecule has 3 aromatic heterocycles. The quantitative estimate of drug-likeness (QED) is 0.321. The fourth-order valence-electron chi connectivity index (χ4n) is 3.57. The summed E-state index contributed by atoms with van der Waals surface area (Å²) < 4.78 is 0. The summed E-state index contributed by atoms with van der Waals surface area (Å²) in [6, 6.07) is 16.7. The van der Waals surface area contributed by atoms with Crippen LogP contribution in [0.15, 0.2) is 66.3 Å². The number of hydrogen-bond acceptors (Lipinski definition) is 5. The Hall–Kier alpha value is -3.51. The van der Waals surface area contributed by atoms with E-state index in [4.69, 9.17) is 9.97 Å². The van der Waals surface area contributed by atoms with E-state index in [-0.39, 0.29) is 0 Å². The third-order valence-corrected chi connectivity index (χ3v) is 6.12. The van der Waals surface area contributed by atoms with Gasteiger partial charge < -0.3 is 10.3 Å². The third kappa shape index (κ3) is 3.94. The Kier molecular flexibility index (Phi) is 5.00. The van der Waals surface area contributed by atoms with Gasteiger partial charge in [0.2, 0.25) is 0 Å². The minimum absolute atomic E-state index is 0.484. The lowest BCUT2D eigenvalue weighted by molar-refractivity contribution is 0.867. The van der Waals surface area contributed by atoms with Crippen LogP contribution in [0.4, 0.5) is 10.8 Å². The number of pyridine rings is 1. The van der Waals surface area contributed by atoms with E-state index in [0.29, 0.717) is 5.92 Å². The number of H-pyrrole nitrogens is 1. The predicted octanol–water partition coefficient (Wildman–Crippen LogP) is 6.92. The number of anilines is 2. The van der Waals surface area contributed by atoms with E-state index in [9.17, 15) is 0 Å². The van der Waals surface area contributed by atoms with Crippen LogP contribution in [0.3, 0.4) is 0 Å². The summed E-state index contributed by atoms with van der Waals surface area (Å²) in [5, 5.41) is 6.35. The van der Waals surface area contributed by atoms with Crippen molar-refractivity contribution >= 4 is 33.2 Å². The predicted molar refractivity (Wildman–Crippen MR) is 129 cm³/mol. The van der Waals surface area contributed by atoms with Gasteiger partial charge in [0, 0.05) is 34.6 Å². The summed E-state index contributed by atoms with van der Waals surface area (Å²) in [6.45, 7) is 6.51. The standard InChI is InChI=1S/C25H23N5S/c1-15(2)17-6-4-7-18(11-17)24-27-21-10-16(3)20(12-22(21)28-24)29-25-30-23(14-31-25)19-8-5-9-26-13-19/h4-15H,1-3H3,(H,27,28)(H,29,30). The summed E-state index contributed by atoms with van der Waals surface area (Å²) in [5.41, 5.74) is 8.46. The van der Waals surface area contributed by atoms with E-state index in [1.165, 1.54) is 5.56 Å². The molecule has 0 unspecified atom stereocenters. The van der Waals surface area contributed by atoms with Crippen LogP contribution in [0, 0.1) is 6.92 Å². The molecular formula is C25H23N5S. The van der Waals surface area contributed by atoms with Crippen molar-refractivity contribution in [3.63, 3.8) is 0 Å². The monoisotopic (exact) mass is 425 g/mol. The second-order valence-electron chi connectivity index (χ2n) is 7.95. The molecule has 2 aromatic carbocycles. The molecule has 0 amide bonds. The molecule has 0 saturated heterocycles. The molecule has 5 aromatic rings. The Morgan fingerprint density at radius 1 is 1.00 bits per heavy atom. The lowest BCUT2D eigenvalue weighted by Gasteiger charge is -2.06.